The van der Waals surface area contributed by atoms with Crippen molar-refractivity contribution in [2.75, 3.05) is 32.8 Å². The van der Waals surface area contributed by atoms with Crippen LogP contribution in [0.5, 0.6) is 5.75 Å². The molecule has 0 radical (unpaired) electrons. The number of guanidine groups is 1. The van der Waals surface area contributed by atoms with E-state index in [2.05, 4.69) is 22.0 Å². The molecule has 0 spiro atoms. The summed E-state index contributed by atoms with van der Waals surface area (Å²) in [5.74, 6) is 1.53. The van der Waals surface area contributed by atoms with E-state index in [-0.39, 0.29) is 30.1 Å². The maximum atomic E-state index is 5.99. The topological polar surface area (TPSA) is 60.1 Å². The Balaban J connectivity index is 0.00000242. The van der Waals surface area contributed by atoms with E-state index in [0.717, 1.165) is 38.5 Å². The maximum Gasteiger partial charge on any atom is 0.191 e. The van der Waals surface area contributed by atoms with Crippen LogP contribution in [-0.4, -0.2) is 49.8 Å². The summed E-state index contributed by atoms with van der Waals surface area (Å²) >= 11 is 0. The van der Waals surface area contributed by atoms with Crippen molar-refractivity contribution in [1.29, 1.82) is 0 Å². The minimum Gasteiger partial charge on any atom is -0.491 e. The molecule has 1 aromatic rings. The summed E-state index contributed by atoms with van der Waals surface area (Å²) in [5.41, 5.74) is 7.23. The Hall–Kier alpha value is -1.02. The summed E-state index contributed by atoms with van der Waals surface area (Å²) in [6.45, 7) is 7.87. The highest BCUT2D eigenvalue weighted by molar-refractivity contribution is 14.0. The molecule has 6 heteroatoms. The van der Waals surface area contributed by atoms with Crippen LogP contribution in [0.25, 0.3) is 0 Å². The molecule has 1 aliphatic heterocycles. The molecule has 1 aromatic carbocycles. The second-order valence-electron chi connectivity index (χ2n) is 5.40. The van der Waals surface area contributed by atoms with E-state index >= 15 is 0 Å². The number of aliphatic imine (C=N–C) groups is 1. The number of nitrogens with two attached hydrogens (primary N) is 1. The van der Waals surface area contributed by atoms with Crippen LogP contribution in [0.1, 0.15) is 19.4 Å². The third-order valence-corrected chi connectivity index (χ3v) is 3.30. The minimum atomic E-state index is 0. The van der Waals surface area contributed by atoms with Crippen LogP contribution in [0.2, 0.25) is 0 Å². The smallest absolute Gasteiger partial charge is 0.191 e. The second kappa shape index (κ2) is 9.89. The highest BCUT2D eigenvalue weighted by Crippen LogP contribution is 2.14. The lowest BCUT2D eigenvalue weighted by molar-refractivity contribution is 0.0674. The molecule has 124 valence electrons. The van der Waals surface area contributed by atoms with E-state index in [9.17, 15) is 0 Å². The maximum absolute atomic E-state index is 5.99. The molecular formula is C16H26IN3O2. The summed E-state index contributed by atoms with van der Waals surface area (Å²) in [4.78, 5) is 6.52. The predicted molar refractivity (Wildman–Crippen MR) is 100 cm³/mol. The molecule has 0 saturated carbocycles. The van der Waals surface area contributed by atoms with Gasteiger partial charge in [-0.05, 0) is 38.0 Å². The molecule has 2 rings (SSSR count). The Kier molecular flexibility index (Phi) is 8.55. The zero-order valence-corrected chi connectivity index (χ0v) is 15.7. The first-order valence-corrected chi connectivity index (χ1v) is 7.53. The normalized spacial score (nSPS) is 15.6. The van der Waals surface area contributed by atoms with Gasteiger partial charge in [0.25, 0.3) is 0 Å². The largest absolute Gasteiger partial charge is 0.491 e. The second-order valence-corrected chi connectivity index (χ2v) is 5.40. The number of nitrogens with zero attached hydrogens (tertiary/aromatic N) is 2. The molecule has 1 heterocycles. The molecule has 0 bridgehead atoms. The van der Waals surface area contributed by atoms with Crippen LogP contribution < -0.4 is 10.5 Å². The van der Waals surface area contributed by atoms with Gasteiger partial charge in [0.1, 0.15) is 5.75 Å². The number of benzene rings is 1. The van der Waals surface area contributed by atoms with Crippen molar-refractivity contribution in [3.8, 4) is 5.75 Å². The van der Waals surface area contributed by atoms with Crippen LogP contribution in [0.3, 0.4) is 0 Å². The average Bonchev–Trinajstić information content (AvgIpc) is 2.49. The van der Waals surface area contributed by atoms with Gasteiger partial charge in [-0.15, -0.1) is 24.0 Å². The number of ether oxygens (including phenoxy) is 2. The fraction of sp³-hybridized carbons (Fsp3) is 0.562. The van der Waals surface area contributed by atoms with Crippen molar-refractivity contribution in [2.45, 2.75) is 26.4 Å². The van der Waals surface area contributed by atoms with Crippen LogP contribution >= 0.6 is 24.0 Å². The highest BCUT2D eigenvalue weighted by Gasteiger charge is 2.11. The van der Waals surface area contributed by atoms with E-state index in [1.165, 1.54) is 5.56 Å². The summed E-state index contributed by atoms with van der Waals surface area (Å²) in [7, 11) is 0. The summed E-state index contributed by atoms with van der Waals surface area (Å²) in [6.07, 6.45) is 1.08. The molecule has 22 heavy (non-hydrogen) atoms. The lowest BCUT2D eigenvalue weighted by Crippen LogP contribution is -2.44. The van der Waals surface area contributed by atoms with Crippen LogP contribution in [-0.2, 0) is 11.2 Å². The van der Waals surface area contributed by atoms with Crippen LogP contribution in [0.4, 0.5) is 0 Å². The van der Waals surface area contributed by atoms with Crippen molar-refractivity contribution in [3.63, 3.8) is 0 Å². The Bertz CT molecular complexity index is 457. The van der Waals surface area contributed by atoms with Gasteiger partial charge in [0, 0.05) is 19.6 Å². The SMILES string of the molecule is CC(C)Oc1ccc(CCN=C(N)N2CCOCC2)cc1.I. The number of morpholine rings is 1. The molecule has 0 atom stereocenters. The third kappa shape index (κ3) is 6.39. The molecule has 2 N–H and O–H groups in total. The molecule has 1 aliphatic rings. The van der Waals surface area contributed by atoms with E-state index in [1.54, 1.807) is 0 Å². The predicted octanol–water partition coefficient (Wildman–Crippen LogP) is 2.28. The first kappa shape index (κ1) is 19.0. The summed E-state index contributed by atoms with van der Waals surface area (Å²) in [5, 5.41) is 0. The van der Waals surface area contributed by atoms with Gasteiger partial charge >= 0.3 is 0 Å². The first-order valence-electron chi connectivity index (χ1n) is 7.53. The molecule has 1 saturated heterocycles. The summed E-state index contributed by atoms with van der Waals surface area (Å²) < 4.78 is 10.9. The standard InChI is InChI=1S/C16H25N3O2.HI/c1-13(2)21-15-5-3-14(4-6-15)7-8-18-16(17)19-9-11-20-12-10-19;/h3-6,13H,7-12H2,1-2H3,(H2,17,18);1H. The fourth-order valence-electron chi connectivity index (χ4n) is 2.20. The zero-order valence-electron chi connectivity index (χ0n) is 13.3. The fourth-order valence-corrected chi connectivity index (χ4v) is 2.20. The van der Waals surface area contributed by atoms with Gasteiger partial charge in [0.05, 0.1) is 19.3 Å². The van der Waals surface area contributed by atoms with E-state index < -0.39 is 0 Å². The molecule has 1 fully saturated rings. The van der Waals surface area contributed by atoms with Crippen LogP contribution in [0.15, 0.2) is 29.3 Å². The van der Waals surface area contributed by atoms with E-state index in [1.807, 2.05) is 26.0 Å². The van der Waals surface area contributed by atoms with Gasteiger partial charge in [-0.1, -0.05) is 12.1 Å². The minimum absolute atomic E-state index is 0. The van der Waals surface area contributed by atoms with Gasteiger partial charge < -0.3 is 20.1 Å². The molecule has 0 unspecified atom stereocenters. The Labute approximate surface area is 149 Å². The Morgan fingerprint density at radius 2 is 1.91 bits per heavy atom. The van der Waals surface area contributed by atoms with Crippen molar-refractivity contribution in [3.05, 3.63) is 29.8 Å². The molecular weight excluding hydrogens is 393 g/mol. The monoisotopic (exact) mass is 419 g/mol. The summed E-state index contributed by atoms with van der Waals surface area (Å²) in [6, 6.07) is 8.17. The lowest BCUT2D eigenvalue weighted by atomic mass is 10.1. The third-order valence-electron chi connectivity index (χ3n) is 3.30. The highest BCUT2D eigenvalue weighted by atomic mass is 127. The molecule has 0 amide bonds. The Morgan fingerprint density at radius 1 is 1.27 bits per heavy atom. The zero-order chi connectivity index (χ0) is 15.1. The lowest BCUT2D eigenvalue weighted by Gasteiger charge is -2.27. The molecule has 5 nitrogen and oxygen atoms in total. The number of halogens is 1. The van der Waals surface area contributed by atoms with Gasteiger partial charge in [0.15, 0.2) is 5.96 Å². The van der Waals surface area contributed by atoms with Crippen molar-refractivity contribution in [1.82, 2.24) is 4.90 Å². The van der Waals surface area contributed by atoms with Crippen molar-refractivity contribution < 1.29 is 9.47 Å². The number of hydrogen-bond donors (Lipinski definition) is 1. The Morgan fingerprint density at radius 3 is 2.50 bits per heavy atom. The van der Waals surface area contributed by atoms with Crippen molar-refractivity contribution in [2.24, 2.45) is 10.7 Å². The quantitative estimate of drug-likeness (QED) is 0.452. The van der Waals surface area contributed by atoms with E-state index in [0.29, 0.717) is 12.5 Å². The molecule has 0 aromatic heterocycles. The number of rotatable bonds is 5. The van der Waals surface area contributed by atoms with Crippen LogP contribution in [0, 0.1) is 0 Å². The van der Waals surface area contributed by atoms with Gasteiger partial charge in [-0.2, -0.15) is 0 Å². The van der Waals surface area contributed by atoms with Gasteiger partial charge in [-0.25, -0.2) is 0 Å². The number of hydrogen-bond acceptors (Lipinski definition) is 3. The molecule has 0 aliphatic carbocycles. The first-order chi connectivity index (χ1) is 10.1. The average molecular weight is 419 g/mol. The van der Waals surface area contributed by atoms with E-state index in [4.69, 9.17) is 15.2 Å². The van der Waals surface area contributed by atoms with Gasteiger partial charge in [-0.3, -0.25) is 4.99 Å². The van der Waals surface area contributed by atoms with Gasteiger partial charge in [0.2, 0.25) is 0 Å². The van der Waals surface area contributed by atoms with Crippen molar-refractivity contribution >= 4 is 29.9 Å².